The van der Waals surface area contributed by atoms with Gasteiger partial charge in [0.25, 0.3) is 0 Å². The predicted octanol–water partition coefficient (Wildman–Crippen LogP) is 3.76. The summed E-state index contributed by atoms with van der Waals surface area (Å²) in [6, 6.07) is 19.0. The molecule has 2 atom stereocenters. The number of nitrogens with two attached hydrogens (primary N) is 1. The lowest BCUT2D eigenvalue weighted by Crippen LogP contribution is -2.42. The maximum absolute atomic E-state index is 12.6. The van der Waals surface area contributed by atoms with Gasteiger partial charge in [0, 0.05) is 43.2 Å². The normalized spacial score (nSPS) is 12.5. The lowest BCUT2D eigenvalue weighted by Gasteiger charge is -2.18. The van der Waals surface area contributed by atoms with E-state index in [-0.39, 0.29) is 37.4 Å². The number of ketones is 1. The van der Waals surface area contributed by atoms with Crippen molar-refractivity contribution in [3.05, 3.63) is 66.4 Å². The van der Waals surface area contributed by atoms with Gasteiger partial charge in [0.1, 0.15) is 11.5 Å². The number of nitrogens with zero attached hydrogens (tertiary/aromatic N) is 1. The number of aryl methyl sites for hydroxylation is 1. The minimum Gasteiger partial charge on any atom is -0.481 e. The van der Waals surface area contributed by atoms with Gasteiger partial charge in [-0.15, -0.1) is 0 Å². The molecule has 0 radical (unpaired) electrons. The molecule has 0 bridgehead atoms. The van der Waals surface area contributed by atoms with Crippen molar-refractivity contribution in [3.8, 4) is 22.4 Å². The third kappa shape index (κ3) is 8.13. The third-order valence-electron chi connectivity index (χ3n) is 6.13. The maximum Gasteiger partial charge on any atom is 0.303 e. The molecule has 0 spiro atoms. The standard InChI is InChI=1S/C28H31N3O6/c1-2-23(25(32)16-21(28(29)36)12-15-27(34)35)30-26(33)14-13-22-17-24(31-37-22)20-10-8-19(9-11-20)18-6-4-3-5-7-18/h3-11,17,21,23H,2,12-16H2,1H3,(H2,29,36)(H,30,33)(H,34,35)/t21-,23+/m1/s1. The van der Waals surface area contributed by atoms with Crippen molar-refractivity contribution in [2.24, 2.45) is 11.7 Å². The number of amides is 2. The number of carboxylic acid groups (broad SMARTS) is 1. The third-order valence-corrected chi connectivity index (χ3v) is 6.13. The number of aromatic nitrogens is 1. The average molecular weight is 506 g/mol. The fourth-order valence-electron chi connectivity index (χ4n) is 3.97. The average Bonchev–Trinajstić information content (AvgIpc) is 3.37. The minimum absolute atomic E-state index is 0.0242. The van der Waals surface area contributed by atoms with Crippen LogP contribution in [0.15, 0.2) is 65.2 Å². The van der Waals surface area contributed by atoms with Crippen LogP contribution in [0.25, 0.3) is 22.4 Å². The highest BCUT2D eigenvalue weighted by Gasteiger charge is 2.26. The zero-order chi connectivity index (χ0) is 26.8. The van der Waals surface area contributed by atoms with E-state index in [4.69, 9.17) is 15.4 Å². The van der Waals surface area contributed by atoms with Gasteiger partial charge in [0.05, 0.1) is 6.04 Å². The molecule has 2 aromatic carbocycles. The van der Waals surface area contributed by atoms with Gasteiger partial charge in [-0.1, -0.05) is 66.7 Å². The van der Waals surface area contributed by atoms with Gasteiger partial charge in [-0.3, -0.25) is 19.2 Å². The van der Waals surface area contributed by atoms with Crippen molar-refractivity contribution >= 4 is 23.6 Å². The molecule has 1 aromatic heterocycles. The van der Waals surface area contributed by atoms with E-state index in [1.807, 2.05) is 54.6 Å². The van der Waals surface area contributed by atoms with Crippen molar-refractivity contribution < 1.29 is 28.8 Å². The molecule has 2 amide bonds. The molecule has 0 aliphatic rings. The number of carbonyl (C=O) groups is 4. The van der Waals surface area contributed by atoms with Crippen LogP contribution in [0.3, 0.4) is 0 Å². The summed E-state index contributed by atoms with van der Waals surface area (Å²) in [5.74, 6) is -2.84. The molecule has 0 saturated carbocycles. The molecule has 4 N–H and O–H groups in total. The molecule has 3 aromatic rings. The van der Waals surface area contributed by atoms with E-state index in [0.29, 0.717) is 24.3 Å². The Kier molecular flexibility index (Phi) is 9.71. The summed E-state index contributed by atoms with van der Waals surface area (Å²) >= 11 is 0. The number of rotatable bonds is 14. The van der Waals surface area contributed by atoms with Crippen molar-refractivity contribution in [1.29, 1.82) is 0 Å². The summed E-state index contributed by atoms with van der Waals surface area (Å²) in [5.41, 5.74) is 9.08. The highest BCUT2D eigenvalue weighted by atomic mass is 16.5. The van der Waals surface area contributed by atoms with Gasteiger partial charge in [-0.2, -0.15) is 0 Å². The van der Waals surface area contributed by atoms with Gasteiger partial charge in [-0.25, -0.2) is 0 Å². The number of carbonyl (C=O) groups excluding carboxylic acids is 3. The minimum atomic E-state index is -1.07. The summed E-state index contributed by atoms with van der Waals surface area (Å²) in [7, 11) is 0. The van der Waals surface area contributed by atoms with E-state index >= 15 is 0 Å². The van der Waals surface area contributed by atoms with E-state index in [9.17, 15) is 19.2 Å². The van der Waals surface area contributed by atoms with Crippen LogP contribution < -0.4 is 11.1 Å². The Balaban J connectivity index is 1.52. The summed E-state index contributed by atoms with van der Waals surface area (Å²) < 4.78 is 5.39. The predicted molar refractivity (Wildman–Crippen MR) is 137 cm³/mol. The Morgan fingerprint density at radius 3 is 2.24 bits per heavy atom. The van der Waals surface area contributed by atoms with Crippen LogP contribution in [0, 0.1) is 5.92 Å². The fraction of sp³-hybridized carbons (Fsp3) is 0.321. The summed E-state index contributed by atoms with van der Waals surface area (Å²) in [5, 5.41) is 15.6. The first kappa shape index (κ1) is 27.3. The molecular weight excluding hydrogens is 474 g/mol. The molecule has 0 fully saturated rings. The molecule has 9 heteroatoms. The second-order valence-corrected chi connectivity index (χ2v) is 8.85. The Hall–Kier alpha value is -4.27. The van der Waals surface area contributed by atoms with Crippen LogP contribution in [0.1, 0.15) is 44.8 Å². The van der Waals surface area contributed by atoms with Gasteiger partial charge >= 0.3 is 5.97 Å². The molecular formula is C28H31N3O6. The molecule has 0 aliphatic heterocycles. The van der Waals surface area contributed by atoms with Crippen LogP contribution in [-0.4, -0.2) is 39.9 Å². The number of nitrogens with one attached hydrogen (secondary N) is 1. The summed E-state index contributed by atoms with van der Waals surface area (Å²) in [6.45, 7) is 1.74. The first-order chi connectivity index (χ1) is 17.8. The molecule has 1 heterocycles. The van der Waals surface area contributed by atoms with E-state index in [1.165, 1.54) is 0 Å². The Morgan fingerprint density at radius 1 is 0.973 bits per heavy atom. The fourth-order valence-corrected chi connectivity index (χ4v) is 3.97. The number of hydrogen-bond acceptors (Lipinski definition) is 6. The number of carboxylic acids is 1. The Morgan fingerprint density at radius 2 is 1.62 bits per heavy atom. The van der Waals surface area contributed by atoms with Crippen molar-refractivity contribution in [3.63, 3.8) is 0 Å². The summed E-state index contributed by atoms with van der Waals surface area (Å²) in [4.78, 5) is 47.5. The van der Waals surface area contributed by atoms with E-state index in [0.717, 1.165) is 16.7 Å². The highest BCUT2D eigenvalue weighted by Crippen LogP contribution is 2.25. The molecule has 3 rings (SSSR count). The molecule has 194 valence electrons. The van der Waals surface area contributed by atoms with E-state index in [1.54, 1.807) is 13.0 Å². The monoisotopic (exact) mass is 505 g/mol. The Labute approximate surface area is 215 Å². The second kappa shape index (κ2) is 13.2. The number of Topliss-reactive ketones (excluding diaryl/α,β-unsaturated/α-hetero) is 1. The topological polar surface area (TPSA) is 153 Å². The second-order valence-electron chi connectivity index (χ2n) is 8.85. The number of aliphatic carboxylic acids is 1. The maximum atomic E-state index is 12.6. The van der Waals surface area contributed by atoms with E-state index < -0.39 is 23.8 Å². The summed E-state index contributed by atoms with van der Waals surface area (Å²) in [6.07, 6.45) is 0.220. The molecule has 9 nitrogen and oxygen atoms in total. The number of primary amides is 1. The molecule has 0 unspecified atom stereocenters. The van der Waals surface area contributed by atoms with Crippen molar-refractivity contribution in [1.82, 2.24) is 10.5 Å². The van der Waals surface area contributed by atoms with Gasteiger partial charge < -0.3 is 20.7 Å². The molecule has 37 heavy (non-hydrogen) atoms. The lowest BCUT2D eigenvalue weighted by atomic mass is 9.93. The van der Waals surface area contributed by atoms with Crippen LogP contribution in [-0.2, 0) is 25.6 Å². The zero-order valence-corrected chi connectivity index (χ0v) is 20.7. The quantitative estimate of drug-likeness (QED) is 0.301. The van der Waals surface area contributed by atoms with E-state index in [2.05, 4.69) is 10.5 Å². The first-order valence-electron chi connectivity index (χ1n) is 12.2. The Bertz CT molecular complexity index is 1220. The van der Waals surface area contributed by atoms with Crippen LogP contribution >= 0.6 is 0 Å². The first-order valence-corrected chi connectivity index (χ1v) is 12.2. The van der Waals surface area contributed by atoms with Crippen LogP contribution in [0.5, 0.6) is 0 Å². The van der Waals surface area contributed by atoms with Gasteiger partial charge in [0.2, 0.25) is 11.8 Å². The number of benzene rings is 2. The van der Waals surface area contributed by atoms with Crippen molar-refractivity contribution in [2.75, 3.05) is 0 Å². The lowest BCUT2D eigenvalue weighted by molar-refractivity contribution is -0.138. The van der Waals surface area contributed by atoms with Gasteiger partial charge in [-0.05, 0) is 24.0 Å². The SMILES string of the molecule is CC[C@H](NC(=O)CCc1cc(-c2ccc(-c3ccccc3)cc2)no1)C(=O)C[C@@H](CCC(=O)O)C(N)=O. The smallest absolute Gasteiger partial charge is 0.303 e. The highest BCUT2D eigenvalue weighted by molar-refractivity contribution is 5.92. The van der Waals surface area contributed by atoms with Crippen LogP contribution in [0.2, 0.25) is 0 Å². The zero-order valence-electron chi connectivity index (χ0n) is 20.7. The molecule has 0 saturated heterocycles. The number of hydrogen-bond donors (Lipinski definition) is 3. The largest absolute Gasteiger partial charge is 0.481 e. The molecule has 0 aliphatic carbocycles. The van der Waals surface area contributed by atoms with Gasteiger partial charge in [0.15, 0.2) is 5.78 Å². The van der Waals surface area contributed by atoms with Crippen molar-refractivity contribution in [2.45, 2.75) is 51.5 Å². The van der Waals surface area contributed by atoms with Crippen LogP contribution in [0.4, 0.5) is 0 Å².